The average Bonchev–Trinajstić information content (AvgIpc) is 3.19. The molecule has 1 atom stereocenters. The average molecular weight is 264 g/mol. The molecule has 2 aliphatic rings. The predicted molar refractivity (Wildman–Crippen MR) is 68.6 cm³/mol. The first-order chi connectivity index (χ1) is 8.58. The van der Waals surface area contributed by atoms with Crippen LogP contribution in [-0.2, 0) is 11.2 Å². The van der Waals surface area contributed by atoms with Crippen LogP contribution in [0.5, 0.6) is 0 Å². The summed E-state index contributed by atoms with van der Waals surface area (Å²) < 4.78 is 0. The van der Waals surface area contributed by atoms with Crippen LogP contribution in [-0.4, -0.2) is 23.8 Å². The summed E-state index contributed by atoms with van der Waals surface area (Å²) in [6.07, 6.45) is 2.63. The van der Waals surface area contributed by atoms with Crippen LogP contribution in [0.15, 0.2) is 18.2 Å². The van der Waals surface area contributed by atoms with E-state index in [0.29, 0.717) is 17.9 Å². The second-order valence-electron chi connectivity index (χ2n) is 5.09. The number of halogens is 1. The number of amides is 2. The molecule has 1 aliphatic heterocycles. The molecule has 1 unspecified atom stereocenters. The highest BCUT2D eigenvalue weighted by Crippen LogP contribution is 2.45. The van der Waals surface area contributed by atoms with Crippen molar-refractivity contribution in [1.82, 2.24) is 4.90 Å². The number of alkyl halides is 1. The van der Waals surface area contributed by atoms with Crippen molar-refractivity contribution in [2.45, 2.75) is 24.6 Å². The number of imide groups is 1. The minimum absolute atomic E-state index is 0.00830. The number of carbonyl (C=O) groups is 2. The van der Waals surface area contributed by atoms with E-state index < -0.39 is 0 Å². The standard InChI is InChI=1S/C14H14ClNO2/c1-16-12(17)7-9-4-5-10(6-11(9)14(16)18)13(15)8-2-3-8/h4-6,8,13H,2-3,7H2,1H3. The van der Waals surface area contributed by atoms with Gasteiger partial charge in [0.15, 0.2) is 0 Å². The second kappa shape index (κ2) is 4.09. The van der Waals surface area contributed by atoms with Crippen molar-refractivity contribution >= 4 is 23.4 Å². The molecule has 1 fully saturated rings. The molecule has 0 radical (unpaired) electrons. The summed E-state index contributed by atoms with van der Waals surface area (Å²) >= 11 is 6.37. The maximum Gasteiger partial charge on any atom is 0.260 e. The van der Waals surface area contributed by atoms with Crippen LogP contribution in [0, 0.1) is 5.92 Å². The van der Waals surface area contributed by atoms with Gasteiger partial charge in [-0.05, 0) is 36.0 Å². The molecule has 4 heteroatoms. The van der Waals surface area contributed by atoms with E-state index >= 15 is 0 Å². The van der Waals surface area contributed by atoms with Gasteiger partial charge in [0.25, 0.3) is 5.91 Å². The van der Waals surface area contributed by atoms with Crippen molar-refractivity contribution < 1.29 is 9.59 Å². The van der Waals surface area contributed by atoms with Gasteiger partial charge in [0.1, 0.15) is 0 Å². The lowest BCUT2D eigenvalue weighted by atomic mass is 9.95. The van der Waals surface area contributed by atoms with Crippen molar-refractivity contribution in [1.29, 1.82) is 0 Å². The minimum atomic E-state index is -0.220. The maximum absolute atomic E-state index is 12.0. The summed E-state index contributed by atoms with van der Waals surface area (Å²) in [5, 5.41) is -0.00830. The Kier molecular flexibility index (Phi) is 2.67. The number of rotatable bonds is 2. The molecule has 0 N–H and O–H groups in total. The molecule has 18 heavy (non-hydrogen) atoms. The lowest BCUT2D eigenvalue weighted by Crippen LogP contribution is -2.39. The highest BCUT2D eigenvalue weighted by Gasteiger charge is 2.33. The summed E-state index contributed by atoms with van der Waals surface area (Å²) in [6.45, 7) is 0. The molecule has 1 heterocycles. The van der Waals surface area contributed by atoms with Crippen LogP contribution in [0.25, 0.3) is 0 Å². The Hall–Kier alpha value is -1.35. The second-order valence-corrected chi connectivity index (χ2v) is 5.56. The van der Waals surface area contributed by atoms with Crippen LogP contribution >= 0.6 is 11.6 Å². The van der Waals surface area contributed by atoms with Gasteiger partial charge < -0.3 is 0 Å². The quantitative estimate of drug-likeness (QED) is 0.607. The Bertz CT molecular complexity index is 537. The summed E-state index contributed by atoms with van der Waals surface area (Å²) in [5.74, 6) is 0.176. The van der Waals surface area contributed by atoms with E-state index in [1.165, 1.54) is 11.9 Å². The van der Waals surface area contributed by atoms with Crippen molar-refractivity contribution in [3.05, 3.63) is 34.9 Å². The lowest BCUT2D eigenvalue weighted by molar-refractivity contribution is -0.127. The minimum Gasteiger partial charge on any atom is -0.281 e. The van der Waals surface area contributed by atoms with E-state index in [9.17, 15) is 9.59 Å². The van der Waals surface area contributed by atoms with Gasteiger partial charge in [-0.15, -0.1) is 11.6 Å². The number of nitrogens with zero attached hydrogens (tertiary/aromatic N) is 1. The normalized spacial score (nSPS) is 20.9. The Balaban J connectivity index is 1.99. The fraction of sp³-hybridized carbons (Fsp3) is 0.429. The fourth-order valence-corrected chi connectivity index (χ4v) is 2.74. The first kappa shape index (κ1) is 11.7. The van der Waals surface area contributed by atoms with E-state index in [2.05, 4.69) is 0 Å². The number of hydrogen-bond donors (Lipinski definition) is 0. The van der Waals surface area contributed by atoms with Gasteiger partial charge in [-0.3, -0.25) is 14.5 Å². The third-order valence-electron chi connectivity index (χ3n) is 3.74. The Morgan fingerprint density at radius 2 is 2.06 bits per heavy atom. The molecular formula is C14H14ClNO2. The third kappa shape index (κ3) is 1.83. The molecule has 1 saturated carbocycles. The number of benzene rings is 1. The smallest absolute Gasteiger partial charge is 0.260 e. The number of fused-ring (bicyclic) bond motifs is 1. The fourth-order valence-electron chi connectivity index (χ4n) is 2.36. The highest BCUT2D eigenvalue weighted by atomic mass is 35.5. The molecule has 0 spiro atoms. The molecule has 1 aliphatic carbocycles. The van der Waals surface area contributed by atoms with Gasteiger partial charge in [0.2, 0.25) is 5.91 Å². The van der Waals surface area contributed by atoms with Crippen LogP contribution in [0.4, 0.5) is 0 Å². The van der Waals surface area contributed by atoms with E-state index in [1.807, 2.05) is 18.2 Å². The van der Waals surface area contributed by atoms with Crippen molar-refractivity contribution in [3.8, 4) is 0 Å². The van der Waals surface area contributed by atoms with Crippen LogP contribution in [0.2, 0.25) is 0 Å². The van der Waals surface area contributed by atoms with Gasteiger partial charge in [-0.1, -0.05) is 12.1 Å². The van der Waals surface area contributed by atoms with E-state index in [4.69, 9.17) is 11.6 Å². The first-order valence-corrected chi connectivity index (χ1v) is 6.59. The Labute approximate surface area is 111 Å². The lowest BCUT2D eigenvalue weighted by Gasteiger charge is -2.24. The van der Waals surface area contributed by atoms with Gasteiger partial charge in [-0.25, -0.2) is 0 Å². The molecule has 2 amide bonds. The summed E-state index contributed by atoms with van der Waals surface area (Å²) in [4.78, 5) is 24.8. The van der Waals surface area contributed by atoms with Gasteiger partial charge >= 0.3 is 0 Å². The maximum atomic E-state index is 12.0. The van der Waals surface area contributed by atoms with E-state index in [0.717, 1.165) is 24.0 Å². The molecule has 0 saturated heterocycles. The van der Waals surface area contributed by atoms with Crippen molar-refractivity contribution in [2.75, 3.05) is 7.05 Å². The van der Waals surface area contributed by atoms with E-state index in [-0.39, 0.29) is 17.2 Å². The largest absolute Gasteiger partial charge is 0.281 e. The third-order valence-corrected chi connectivity index (χ3v) is 4.35. The predicted octanol–water partition coefficient (Wildman–Crippen LogP) is 2.53. The monoisotopic (exact) mass is 263 g/mol. The molecule has 1 aromatic rings. The number of carbonyl (C=O) groups excluding carboxylic acids is 2. The van der Waals surface area contributed by atoms with Gasteiger partial charge in [-0.2, -0.15) is 0 Å². The van der Waals surface area contributed by atoms with Crippen molar-refractivity contribution in [2.24, 2.45) is 5.92 Å². The molecule has 94 valence electrons. The summed E-state index contributed by atoms with van der Waals surface area (Å²) in [5.41, 5.74) is 2.43. The van der Waals surface area contributed by atoms with E-state index in [1.54, 1.807) is 0 Å². The molecule has 3 nitrogen and oxygen atoms in total. The molecule has 1 aromatic carbocycles. The number of likely N-dealkylation sites (N-methyl/N-ethyl adjacent to an activating group) is 1. The molecular weight excluding hydrogens is 250 g/mol. The van der Waals surface area contributed by atoms with Gasteiger partial charge in [0.05, 0.1) is 11.8 Å². The summed E-state index contributed by atoms with van der Waals surface area (Å²) in [7, 11) is 1.53. The SMILES string of the molecule is CN1C(=O)Cc2ccc(C(Cl)C3CC3)cc2C1=O. The Morgan fingerprint density at radius 3 is 2.72 bits per heavy atom. The van der Waals surface area contributed by atoms with Crippen molar-refractivity contribution in [3.63, 3.8) is 0 Å². The highest BCUT2D eigenvalue weighted by molar-refractivity contribution is 6.21. The first-order valence-electron chi connectivity index (χ1n) is 6.15. The topological polar surface area (TPSA) is 37.4 Å². The zero-order chi connectivity index (χ0) is 12.9. The zero-order valence-corrected chi connectivity index (χ0v) is 10.9. The molecule has 0 aromatic heterocycles. The van der Waals surface area contributed by atoms with Crippen LogP contribution in [0.1, 0.15) is 39.7 Å². The zero-order valence-electron chi connectivity index (χ0n) is 10.1. The Morgan fingerprint density at radius 1 is 1.33 bits per heavy atom. The summed E-state index contributed by atoms with van der Waals surface area (Å²) in [6, 6.07) is 5.67. The van der Waals surface area contributed by atoms with Crippen LogP contribution in [0.3, 0.4) is 0 Å². The van der Waals surface area contributed by atoms with Gasteiger partial charge in [0, 0.05) is 12.6 Å². The number of hydrogen-bond acceptors (Lipinski definition) is 2. The molecule has 3 rings (SSSR count). The molecule has 0 bridgehead atoms. The van der Waals surface area contributed by atoms with Crippen LogP contribution < -0.4 is 0 Å².